The Kier molecular flexibility index (Phi) is 5.15. The van der Waals surface area contributed by atoms with E-state index in [4.69, 9.17) is 0 Å². The van der Waals surface area contributed by atoms with Gasteiger partial charge in [-0.25, -0.2) is 0 Å². The molecule has 1 aromatic rings. The Morgan fingerprint density at radius 3 is 2.53 bits per heavy atom. The first-order valence-electron chi connectivity index (χ1n) is 5.57. The largest absolute Gasteiger partial charge is 0.481 e. The molecule has 0 bridgehead atoms. The van der Waals surface area contributed by atoms with Crippen molar-refractivity contribution < 1.29 is 15.0 Å². The summed E-state index contributed by atoms with van der Waals surface area (Å²) in [5, 5.41) is 18.7. The van der Waals surface area contributed by atoms with Gasteiger partial charge in [-0.1, -0.05) is 35.0 Å². The van der Waals surface area contributed by atoms with E-state index in [0.29, 0.717) is 6.42 Å². The molecule has 4 heteroatoms. The van der Waals surface area contributed by atoms with Gasteiger partial charge in [0, 0.05) is 4.47 Å². The lowest BCUT2D eigenvalue weighted by Crippen LogP contribution is -2.30. The first-order chi connectivity index (χ1) is 7.91. The smallest absolute Gasteiger partial charge is 0.307 e. The standard InChI is InChI=1S/C13H17BrO3/c1-8(9(2)15)12(13(16)17)7-10-4-3-5-11(14)6-10/h3-6,8-9,12,15H,7H2,1-2H3,(H,16,17). The minimum absolute atomic E-state index is 0.272. The van der Waals surface area contributed by atoms with E-state index in [1.54, 1.807) is 13.8 Å². The second-order valence-corrected chi connectivity index (χ2v) is 5.29. The summed E-state index contributed by atoms with van der Waals surface area (Å²) in [7, 11) is 0. The highest BCUT2D eigenvalue weighted by atomic mass is 79.9. The number of aliphatic hydroxyl groups is 1. The first-order valence-corrected chi connectivity index (χ1v) is 6.36. The molecule has 0 saturated carbocycles. The summed E-state index contributed by atoms with van der Waals surface area (Å²) >= 11 is 3.36. The fourth-order valence-corrected chi connectivity index (χ4v) is 2.20. The van der Waals surface area contributed by atoms with Crippen LogP contribution >= 0.6 is 15.9 Å². The van der Waals surface area contributed by atoms with E-state index < -0.39 is 18.0 Å². The maximum atomic E-state index is 11.2. The normalized spacial score (nSPS) is 16.2. The number of aliphatic hydroxyl groups excluding tert-OH is 1. The molecule has 94 valence electrons. The number of hydrogen-bond donors (Lipinski definition) is 2. The van der Waals surface area contributed by atoms with E-state index in [2.05, 4.69) is 15.9 Å². The summed E-state index contributed by atoms with van der Waals surface area (Å²) in [5.41, 5.74) is 0.958. The number of benzene rings is 1. The average Bonchev–Trinajstić information content (AvgIpc) is 2.24. The molecular weight excluding hydrogens is 284 g/mol. The van der Waals surface area contributed by atoms with Gasteiger partial charge in [-0.05, 0) is 37.0 Å². The summed E-state index contributed by atoms with van der Waals surface area (Å²) < 4.78 is 0.934. The highest BCUT2D eigenvalue weighted by molar-refractivity contribution is 9.10. The monoisotopic (exact) mass is 300 g/mol. The van der Waals surface area contributed by atoms with E-state index in [0.717, 1.165) is 10.0 Å². The Bertz CT molecular complexity index is 390. The molecule has 3 nitrogen and oxygen atoms in total. The van der Waals surface area contributed by atoms with Gasteiger partial charge in [-0.2, -0.15) is 0 Å². The van der Waals surface area contributed by atoms with Crippen molar-refractivity contribution in [3.05, 3.63) is 34.3 Å². The van der Waals surface area contributed by atoms with Gasteiger partial charge in [0.2, 0.25) is 0 Å². The predicted octanol–water partition coefficient (Wildman–Crippen LogP) is 2.71. The molecule has 0 amide bonds. The van der Waals surface area contributed by atoms with Gasteiger partial charge < -0.3 is 10.2 Å². The Labute approximate surface area is 110 Å². The van der Waals surface area contributed by atoms with Crippen molar-refractivity contribution in [1.82, 2.24) is 0 Å². The molecule has 0 aromatic heterocycles. The number of aliphatic carboxylic acids is 1. The summed E-state index contributed by atoms with van der Waals surface area (Å²) in [6, 6.07) is 7.59. The van der Waals surface area contributed by atoms with Crippen LogP contribution in [-0.4, -0.2) is 22.3 Å². The molecule has 0 aliphatic rings. The number of carboxylic acid groups (broad SMARTS) is 1. The minimum Gasteiger partial charge on any atom is -0.481 e. The third-order valence-electron chi connectivity index (χ3n) is 3.06. The van der Waals surface area contributed by atoms with Crippen molar-refractivity contribution in [3.8, 4) is 0 Å². The molecule has 3 atom stereocenters. The zero-order valence-corrected chi connectivity index (χ0v) is 11.5. The Morgan fingerprint density at radius 1 is 1.41 bits per heavy atom. The van der Waals surface area contributed by atoms with Gasteiger partial charge in [0.05, 0.1) is 12.0 Å². The van der Waals surface area contributed by atoms with Crippen molar-refractivity contribution in [2.75, 3.05) is 0 Å². The lowest BCUT2D eigenvalue weighted by atomic mass is 9.85. The number of rotatable bonds is 5. The van der Waals surface area contributed by atoms with Crippen LogP contribution in [0.1, 0.15) is 19.4 Å². The molecule has 1 aromatic carbocycles. The van der Waals surface area contributed by atoms with Crippen molar-refractivity contribution in [2.45, 2.75) is 26.4 Å². The van der Waals surface area contributed by atoms with Crippen molar-refractivity contribution in [1.29, 1.82) is 0 Å². The summed E-state index contributed by atoms with van der Waals surface area (Å²) in [5.74, 6) is -1.70. The maximum Gasteiger partial charge on any atom is 0.307 e. The molecule has 0 saturated heterocycles. The van der Waals surface area contributed by atoms with Crippen LogP contribution in [0.25, 0.3) is 0 Å². The molecule has 0 heterocycles. The molecule has 0 fully saturated rings. The van der Waals surface area contributed by atoms with E-state index in [-0.39, 0.29) is 5.92 Å². The van der Waals surface area contributed by atoms with Gasteiger partial charge in [0.25, 0.3) is 0 Å². The van der Waals surface area contributed by atoms with Crippen molar-refractivity contribution >= 4 is 21.9 Å². The zero-order chi connectivity index (χ0) is 13.0. The fourth-order valence-electron chi connectivity index (χ4n) is 1.75. The molecule has 0 radical (unpaired) electrons. The van der Waals surface area contributed by atoms with Crippen LogP contribution in [0.3, 0.4) is 0 Å². The van der Waals surface area contributed by atoms with E-state index in [1.165, 1.54) is 0 Å². The van der Waals surface area contributed by atoms with Crippen molar-refractivity contribution in [3.63, 3.8) is 0 Å². The first kappa shape index (κ1) is 14.2. The second-order valence-electron chi connectivity index (χ2n) is 4.38. The number of hydrogen-bond acceptors (Lipinski definition) is 2. The third-order valence-corrected chi connectivity index (χ3v) is 3.55. The van der Waals surface area contributed by atoms with Crippen molar-refractivity contribution in [2.24, 2.45) is 11.8 Å². The molecule has 3 unspecified atom stereocenters. The maximum absolute atomic E-state index is 11.2. The summed E-state index contributed by atoms with van der Waals surface area (Å²) in [4.78, 5) is 11.2. The van der Waals surface area contributed by atoms with Crippen LogP contribution in [0.15, 0.2) is 28.7 Å². The Hall–Kier alpha value is -0.870. The van der Waals surface area contributed by atoms with Crippen LogP contribution in [0.4, 0.5) is 0 Å². The van der Waals surface area contributed by atoms with E-state index in [9.17, 15) is 15.0 Å². The predicted molar refractivity (Wildman–Crippen MR) is 69.8 cm³/mol. The lowest BCUT2D eigenvalue weighted by molar-refractivity contribution is -0.145. The minimum atomic E-state index is -0.863. The topological polar surface area (TPSA) is 57.5 Å². The number of carboxylic acids is 1. The average molecular weight is 301 g/mol. The number of carbonyl (C=O) groups is 1. The summed E-state index contributed by atoms with van der Waals surface area (Å²) in [6.07, 6.45) is -0.191. The van der Waals surface area contributed by atoms with Crippen LogP contribution in [0.2, 0.25) is 0 Å². The van der Waals surface area contributed by atoms with Crippen LogP contribution in [0, 0.1) is 11.8 Å². The Balaban J connectivity index is 2.84. The van der Waals surface area contributed by atoms with Crippen LogP contribution in [-0.2, 0) is 11.2 Å². The Morgan fingerprint density at radius 2 is 2.06 bits per heavy atom. The van der Waals surface area contributed by atoms with E-state index >= 15 is 0 Å². The third kappa shape index (κ3) is 4.13. The van der Waals surface area contributed by atoms with Crippen LogP contribution < -0.4 is 0 Å². The summed E-state index contributed by atoms with van der Waals surface area (Å²) in [6.45, 7) is 3.39. The highest BCUT2D eigenvalue weighted by Crippen LogP contribution is 2.22. The molecule has 0 aliphatic heterocycles. The quantitative estimate of drug-likeness (QED) is 0.879. The molecule has 2 N–H and O–H groups in total. The molecule has 0 aliphatic carbocycles. The molecule has 0 spiro atoms. The van der Waals surface area contributed by atoms with E-state index in [1.807, 2.05) is 24.3 Å². The molecule has 17 heavy (non-hydrogen) atoms. The number of halogens is 1. The second kappa shape index (κ2) is 6.17. The molecule has 1 rings (SSSR count). The molecular formula is C13H17BrO3. The van der Waals surface area contributed by atoms with Gasteiger partial charge in [-0.3, -0.25) is 4.79 Å². The van der Waals surface area contributed by atoms with Gasteiger partial charge in [0.15, 0.2) is 0 Å². The van der Waals surface area contributed by atoms with Gasteiger partial charge >= 0.3 is 5.97 Å². The lowest BCUT2D eigenvalue weighted by Gasteiger charge is -2.22. The zero-order valence-electron chi connectivity index (χ0n) is 9.93. The SMILES string of the molecule is CC(O)C(C)C(Cc1cccc(Br)c1)C(=O)O. The van der Waals surface area contributed by atoms with Gasteiger partial charge in [0.1, 0.15) is 0 Å². The van der Waals surface area contributed by atoms with Gasteiger partial charge in [-0.15, -0.1) is 0 Å². The highest BCUT2D eigenvalue weighted by Gasteiger charge is 2.28. The van der Waals surface area contributed by atoms with Crippen LogP contribution in [0.5, 0.6) is 0 Å². The fraction of sp³-hybridized carbons (Fsp3) is 0.462.